The normalized spacial score (nSPS) is 13.4. The molecule has 0 radical (unpaired) electrons. The van der Waals surface area contributed by atoms with Crippen LogP contribution < -0.4 is 15.4 Å². The van der Waals surface area contributed by atoms with E-state index in [0.717, 1.165) is 5.56 Å². The van der Waals surface area contributed by atoms with Crippen molar-refractivity contribution < 1.29 is 23.1 Å². The smallest absolute Gasteiger partial charge is 0.227 e. The summed E-state index contributed by atoms with van der Waals surface area (Å²) in [4.78, 5) is 29.9. The second-order valence-corrected chi connectivity index (χ2v) is 9.39. The molecule has 3 aromatic carbocycles. The molecule has 1 saturated heterocycles. The number of aromatic amines is 1. The average molecular weight is 528 g/mol. The van der Waals surface area contributed by atoms with Crippen LogP contribution in [0.2, 0.25) is 0 Å². The first-order chi connectivity index (χ1) is 18.8. The molecule has 5 aromatic rings. The number of nitrogens with two attached hydrogens (primary N) is 1. The van der Waals surface area contributed by atoms with Gasteiger partial charge in [-0.1, -0.05) is 12.1 Å². The molecular formula is C29H23F2N5O3. The van der Waals surface area contributed by atoms with Gasteiger partial charge in [0, 0.05) is 23.9 Å². The Morgan fingerprint density at radius 2 is 1.87 bits per heavy atom. The van der Waals surface area contributed by atoms with E-state index in [1.54, 1.807) is 42.5 Å². The van der Waals surface area contributed by atoms with E-state index in [9.17, 15) is 18.4 Å². The third-order valence-corrected chi connectivity index (χ3v) is 6.81. The number of carbonyl (C=O) groups excluding carboxylic acids is 2. The summed E-state index contributed by atoms with van der Waals surface area (Å²) < 4.78 is 35.8. The van der Waals surface area contributed by atoms with Gasteiger partial charge in [0.05, 0.1) is 28.8 Å². The number of ether oxygens (including phenoxy) is 1. The van der Waals surface area contributed by atoms with Gasteiger partial charge < -0.3 is 20.4 Å². The Bertz CT molecular complexity index is 1770. The number of ketones is 1. The molecule has 0 atom stereocenters. The van der Waals surface area contributed by atoms with Gasteiger partial charge in [0.25, 0.3) is 0 Å². The predicted octanol–water partition coefficient (Wildman–Crippen LogP) is 5.67. The third-order valence-electron chi connectivity index (χ3n) is 6.81. The summed E-state index contributed by atoms with van der Waals surface area (Å²) >= 11 is 0. The number of H-pyrrole nitrogens is 1. The molecule has 6 rings (SSSR count). The van der Waals surface area contributed by atoms with Crippen LogP contribution in [-0.4, -0.2) is 33.0 Å². The van der Waals surface area contributed by atoms with Crippen molar-refractivity contribution >= 4 is 34.1 Å². The zero-order chi connectivity index (χ0) is 27.3. The number of anilines is 2. The number of rotatable bonds is 6. The van der Waals surface area contributed by atoms with Crippen molar-refractivity contribution in [3.05, 3.63) is 95.3 Å². The molecule has 1 aliphatic rings. The first kappa shape index (κ1) is 24.4. The molecule has 1 aliphatic heterocycles. The van der Waals surface area contributed by atoms with Gasteiger partial charge in [0.2, 0.25) is 11.7 Å². The maximum atomic E-state index is 14.8. The zero-order valence-corrected chi connectivity index (χ0v) is 20.9. The number of aromatic nitrogens is 3. The highest BCUT2D eigenvalue weighted by Crippen LogP contribution is 2.32. The summed E-state index contributed by atoms with van der Waals surface area (Å²) in [6.07, 6.45) is 2.44. The van der Waals surface area contributed by atoms with Crippen LogP contribution in [0.4, 0.5) is 20.3 Å². The highest BCUT2D eigenvalue weighted by molar-refractivity contribution is 6.12. The monoisotopic (exact) mass is 527 g/mol. The summed E-state index contributed by atoms with van der Waals surface area (Å²) in [7, 11) is 0. The summed E-state index contributed by atoms with van der Waals surface area (Å²) in [6.45, 7) is 2.28. The van der Waals surface area contributed by atoms with Crippen molar-refractivity contribution in [1.82, 2.24) is 14.8 Å². The Morgan fingerprint density at radius 1 is 1.05 bits per heavy atom. The van der Waals surface area contributed by atoms with E-state index in [1.807, 2.05) is 6.92 Å². The van der Waals surface area contributed by atoms with E-state index >= 15 is 0 Å². The molecule has 8 nitrogen and oxygen atoms in total. The van der Waals surface area contributed by atoms with Crippen LogP contribution >= 0.6 is 0 Å². The molecule has 3 heterocycles. The van der Waals surface area contributed by atoms with Crippen LogP contribution in [0.15, 0.2) is 66.9 Å². The van der Waals surface area contributed by atoms with Crippen LogP contribution in [0, 0.1) is 18.6 Å². The van der Waals surface area contributed by atoms with Gasteiger partial charge >= 0.3 is 0 Å². The molecule has 39 heavy (non-hydrogen) atoms. The van der Waals surface area contributed by atoms with E-state index in [1.165, 1.54) is 34.0 Å². The first-order valence-corrected chi connectivity index (χ1v) is 12.3. The lowest BCUT2D eigenvalue weighted by Gasteiger charge is -2.16. The summed E-state index contributed by atoms with van der Waals surface area (Å²) in [5, 5.41) is 4.81. The van der Waals surface area contributed by atoms with Gasteiger partial charge in [0.1, 0.15) is 17.4 Å². The Kier molecular flexibility index (Phi) is 5.86. The highest BCUT2D eigenvalue weighted by Gasteiger charge is 2.26. The summed E-state index contributed by atoms with van der Waals surface area (Å²) in [5.74, 6) is -0.874. The number of halogens is 2. The van der Waals surface area contributed by atoms with E-state index in [0.29, 0.717) is 41.7 Å². The maximum absolute atomic E-state index is 14.8. The summed E-state index contributed by atoms with van der Waals surface area (Å²) in [6, 6.07) is 15.6. The number of aryl methyl sites for hydroxylation is 1. The minimum Gasteiger partial charge on any atom is -0.454 e. The highest BCUT2D eigenvalue weighted by atomic mass is 19.1. The fourth-order valence-electron chi connectivity index (χ4n) is 4.83. The molecule has 3 N–H and O–H groups in total. The lowest BCUT2D eigenvalue weighted by atomic mass is 10.1. The van der Waals surface area contributed by atoms with Gasteiger partial charge in [-0.25, -0.2) is 13.5 Å². The molecule has 0 bridgehead atoms. The number of amides is 1. The average Bonchev–Trinajstić information content (AvgIpc) is 3.63. The second kappa shape index (κ2) is 9.39. The Labute approximate surface area is 221 Å². The Hall–Kier alpha value is -4.99. The minimum atomic E-state index is -0.527. The van der Waals surface area contributed by atoms with Crippen molar-refractivity contribution in [2.45, 2.75) is 19.8 Å². The quantitative estimate of drug-likeness (QED) is 0.277. The van der Waals surface area contributed by atoms with E-state index in [-0.39, 0.29) is 34.4 Å². The number of carbonyl (C=O) groups is 2. The van der Waals surface area contributed by atoms with Gasteiger partial charge in [-0.3, -0.25) is 9.59 Å². The molecule has 0 aliphatic carbocycles. The number of para-hydroxylation sites is 1. The topological polar surface area (TPSA) is 106 Å². The van der Waals surface area contributed by atoms with Gasteiger partial charge in [-0.05, 0) is 67.4 Å². The Morgan fingerprint density at radius 3 is 2.62 bits per heavy atom. The number of nitrogens with one attached hydrogen (secondary N) is 1. The second-order valence-electron chi connectivity index (χ2n) is 9.39. The summed E-state index contributed by atoms with van der Waals surface area (Å²) in [5.41, 5.74) is 8.80. The van der Waals surface area contributed by atoms with Crippen LogP contribution in [0.1, 0.15) is 34.5 Å². The fraction of sp³-hybridized carbons (Fsp3) is 0.138. The number of hydrogen-bond donors (Lipinski definition) is 2. The van der Waals surface area contributed by atoms with Gasteiger partial charge in [0.15, 0.2) is 11.6 Å². The van der Waals surface area contributed by atoms with Crippen molar-refractivity contribution in [3.8, 4) is 17.2 Å². The van der Waals surface area contributed by atoms with Crippen LogP contribution in [0.25, 0.3) is 16.6 Å². The number of nitrogens with zero attached hydrogens (tertiary/aromatic N) is 3. The van der Waals surface area contributed by atoms with Crippen LogP contribution in [-0.2, 0) is 4.79 Å². The van der Waals surface area contributed by atoms with Crippen molar-refractivity contribution in [3.63, 3.8) is 0 Å². The van der Waals surface area contributed by atoms with Gasteiger partial charge in [-0.2, -0.15) is 5.10 Å². The maximum Gasteiger partial charge on any atom is 0.227 e. The molecule has 1 amide bonds. The zero-order valence-electron chi connectivity index (χ0n) is 20.9. The lowest BCUT2D eigenvalue weighted by molar-refractivity contribution is -0.117. The SMILES string of the molecule is Cc1cc(Oc2ccccc2F)ccc1-n1ncc(C(=O)c2cc3cc(F)c(N4CCCC4=O)cc3[nH]2)c1N. The van der Waals surface area contributed by atoms with E-state index in [2.05, 4.69) is 10.1 Å². The molecule has 0 saturated carbocycles. The van der Waals surface area contributed by atoms with Crippen molar-refractivity contribution in [2.75, 3.05) is 17.2 Å². The lowest BCUT2D eigenvalue weighted by Crippen LogP contribution is -2.24. The number of benzene rings is 3. The Balaban J connectivity index is 1.28. The van der Waals surface area contributed by atoms with Crippen molar-refractivity contribution in [1.29, 1.82) is 0 Å². The molecular weight excluding hydrogens is 504 g/mol. The number of nitrogen functional groups attached to an aromatic ring is 1. The van der Waals surface area contributed by atoms with Crippen molar-refractivity contribution in [2.24, 2.45) is 0 Å². The van der Waals surface area contributed by atoms with Crippen LogP contribution in [0.5, 0.6) is 11.5 Å². The molecule has 0 spiro atoms. The largest absolute Gasteiger partial charge is 0.454 e. The van der Waals surface area contributed by atoms with E-state index < -0.39 is 17.4 Å². The number of fused-ring (bicyclic) bond motifs is 1. The predicted molar refractivity (Wildman–Crippen MR) is 142 cm³/mol. The first-order valence-electron chi connectivity index (χ1n) is 12.3. The standard InChI is InChI=1S/C29H23F2N5O3/c1-16-11-18(39-26-6-3-2-5-20(26)30)8-9-24(16)36-29(32)19(15-33-36)28(38)23-13-17-12-21(31)25(14-22(17)34-23)35-10-4-7-27(35)37/h2-3,5-6,8-9,11-15,34H,4,7,10,32H2,1H3. The van der Waals surface area contributed by atoms with Gasteiger partial charge in [-0.15, -0.1) is 0 Å². The molecule has 0 unspecified atom stereocenters. The fourth-order valence-corrected chi connectivity index (χ4v) is 4.83. The third kappa shape index (κ3) is 4.29. The molecule has 10 heteroatoms. The molecule has 1 fully saturated rings. The van der Waals surface area contributed by atoms with Crippen LogP contribution in [0.3, 0.4) is 0 Å². The number of hydrogen-bond acceptors (Lipinski definition) is 5. The van der Waals surface area contributed by atoms with E-state index in [4.69, 9.17) is 10.5 Å². The minimum absolute atomic E-state index is 0.105. The molecule has 196 valence electrons. The molecule has 2 aromatic heterocycles.